The number of aliphatic hydroxyl groups excluding tert-OH is 1. The highest BCUT2D eigenvalue weighted by Gasteiger charge is 2.29. The number of nitrogens with zero attached hydrogens (tertiary/aromatic N) is 2. The predicted octanol–water partition coefficient (Wildman–Crippen LogP) is 1.03. The number of nitrogens with one attached hydrogen (secondary N) is 2. The van der Waals surface area contributed by atoms with Gasteiger partial charge < -0.3 is 20.1 Å². The molecule has 1 aliphatic heterocycles. The monoisotopic (exact) mass is 356 g/mol. The molecule has 1 saturated heterocycles. The van der Waals surface area contributed by atoms with Gasteiger partial charge in [0.1, 0.15) is 11.1 Å². The molecule has 3 rings (SSSR count). The number of alkyl carbamates (subject to hydrolysis) is 1. The highest BCUT2D eigenvalue weighted by Crippen LogP contribution is 2.26. The van der Waals surface area contributed by atoms with Gasteiger partial charge in [-0.3, -0.25) is 4.79 Å². The lowest BCUT2D eigenvalue weighted by atomic mass is 9.93. The maximum absolute atomic E-state index is 12.0. The Morgan fingerprint density at radius 2 is 2.12 bits per heavy atom. The summed E-state index contributed by atoms with van der Waals surface area (Å²) in [5.41, 5.74) is 0.115. The number of aromatic amines is 1. The molecule has 9 heteroatoms. The van der Waals surface area contributed by atoms with Gasteiger partial charge in [-0.15, -0.1) is 0 Å². The molecule has 1 amide bonds. The molecule has 0 radical (unpaired) electrons. The number of aromatic nitrogens is 2. The van der Waals surface area contributed by atoms with Crippen LogP contribution in [0, 0.1) is 0 Å². The molecule has 0 aromatic carbocycles. The average molecular weight is 357 g/mol. The molecule has 0 bridgehead atoms. The Morgan fingerprint density at radius 3 is 2.88 bits per heavy atom. The Bertz CT molecular complexity index is 645. The first-order valence-electron chi connectivity index (χ1n) is 8.16. The van der Waals surface area contributed by atoms with Gasteiger partial charge in [0.2, 0.25) is 0 Å². The molecule has 2 aliphatic rings. The van der Waals surface area contributed by atoms with Crippen molar-refractivity contribution in [2.75, 3.05) is 18.0 Å². The van der Waals surface area contributed by atoms with Gasteiger partial charge in [-0.1, -0.05) is 11.6 Å². The topological polar surface area (TPSA) is 108 Å². The van der Waals surface area contributed by atoms with Crippen molar-refractivity contribution in [2.24, 2.45) is 0 Å². The Kier molecular flexibility index (Phi) is 5.25. The number of carbonyl (C=O) groups is 1. The van der Waals surface area contributed by atoms with E-state index in [1.165, 1.54) is 6.20 Å². The SMILES string of the molecule is O=C(N[C@H]1CC[C@@H](O)CC1)O[C@@H]1CCN(c2cn[nH]c(=O)c2Cl)C1. The summed E-state index contributed by atoms with van der Waals surface area (Å²) in [7, 11) is 0. The third-order valence-corrected chi connectivity index (χ3v) is 4.92. The van der Waals surface area contributed by atoms with E-state index in [9.17, 15) is 14.7 Å². The van der Waals surface area contributed by atoms with Crippen LogP contribution >= 0.6 is 11.6 Å². The van der Waals surface area contributed by atoms with Crippen LogP contribution in [0.25, 0.3) is 0 Å². The van der Waals surface area contributed by atoms with Crippen LogP contribution in [-0.4, -0.2) is 52.7 Å². The van der Waals surface area contributed by atoms with Crippen LogP contribution in [0.2, 0.25) is 5.02 Å². The molecule has 132 valence electrons. The van der Waals surface area contributed by atoms with Crippen molar-refractivity contribution in [1.82, 2.24) is 15.5 Å². The first kappa shape index (κ1) is 17.0. The van der Waals surface area contributed by atoms with E-state index < -0.39 is 11.7 Å². The van der Waals surface area contributed by atoms with Crippen molar-refractivity contribution < 1.29 is 14.6 Å². The molecule has 0 spiro atoms. The van der Waals surface area contributed by atoms with E-state index in [2.05, 4.69) is 15.5 Å². The van der Waals surface area contributed by atoms with E-state index >= 15 is 0 Å². The smallest absolute Gasteiger partial charge is 0.407 e. The summed E-state index contributed by atoms with van der Waals surface area (Å²) in [6.07, 6.45) is 4.16. The van der Waals surface area contributed by atoms with Crippen LogP contribution in [0.5, 0.6) is 0 Å². The highest BCUT2D eigenvalue weighted by molar-refractivity contribution is 6.33. The van der Waals surface area contributed by atoms with Crippen LogP contribution in [0.3, 0.4) is 0 Å². The molecule has 1 saturated carbocycles. The quantitative estimate of drug-likeness (QED) is 0.746. The molecule has 3 N–H and O–H groups in total. The van der Waals surface area contributed by atoms with Crippen molar-refractivity contribution in [3.63, 3.8) is 0 Å². The summed E-state index contributed by atoms with van der Waals surface area (Å²) in [5.74, 6) is 0. The number of hydrogen-bond acceptors (Lipinski definition) is 6. The second-order valence-corrected chi connectivity index (χ2v) is 6.69. The fraction of sp³-hybridized carbons (Fsp3) is 0.667. The minimum absolute atomic E-state index is 0.0599. The Morgan fingerprint density at radius 1 is 1.38 bits per heavy atom. The Labute approximate surface area is 144 Å². The van der Waals surface area contributed by atoms with E-state index in [1.807, 2.05) is 4.90 Å². The normalized spacial score (nSPS) is 27.1. The lowest BCUT2D eigenvalue weighted by molar-refractivity contribution is 0.0900. The fourth-order valence-electron chi connectivity index (χ4n) is 3.21. The van der Waals surface area contributed by atoms with Crippen molar-refractivity contribution in [3.8, 4) is 0 Å². The molecular formula is C15H21ClN4O4. The summed E-state index contributed by atoms with van der Waals surface area (Å²) < 4.78 is 5.46. The van der Waals surface area contributed by atoms with Crippen molar-refractivity contribution >= 4 is 23.4 Å². The second kappa shape index (κ2) is 7.40. The van der Waals surface area contributed by atoms with Crippen LogP contribution in [0.4, 0.5) is 10.5 Å². The van der Waals surface area contributed by atoms with E-state index in [0.717, 1.165) is 12.8 Å². The molecule has 2 fully saturated rings. The summed E-state index contributed by atoms with van der Waals surface area (Å²) in [6, 6.07) is 0.0599. The van der Waals surface area contributed by atoms with Crippen molar-refractivity contribution in [3.05, 3.63) is 21.6 Å². The average Bonchev–Trinajstić information content (AvgIpc) is 3.00. The lowest BCUT2D eigenvalue weighted by Crippen LogP contribution is -2.40. The fourth-order valence-corrected chi connectivity index (χ4v) is 3.42. The third kappa shape index (κ3) is 3.99. The van der Waals surface area contributed by atoms with Crippen molar-refractivity contribution in [1.29, 1.82) is 0 Å². The van der Waals surface area contributed by atoms with Gasteiger partial charge >= 0.3 is 6.09 Å². The molecule has 2 heterocycles. The number of aliphatic hydroxyl groups is 1. The van der Waals surface area contributed by atoms with Gasteiger partial charge in [-0.05, 0) is 25.7 Å². The van der Waals surface area contributed by atoms with Gasteiger partial charge in [0.15, 0.2) is 0 Å². The number of ether oxygens (including phenoxy) is 1. The molecule has 1 aliphatic carbocycles. The number of hydrogen-bond donors (Lipinski definition) is 3. The first-order chi connectivity index (χ1) is 11.5. The minimum atomic E-state index is -0.434. The molecule has 1 aromatic rings. The zero-order valence-electron chi connectivity index (χ0n) is 13.2. The molecular weight excluding hydrogens is 336 g/mol. The van der Waals surface area contributed by atoms with E-state index in [0.29, 0.717) is 38.0 Å². The molecule has 24 heavy (non-hydrogen) atoms. The number of halogens is 1. The van der Waals surface area contributed by atoms with Crippen LogP contribution in [0.1, 0.15) is 32.1 Å². The van der Waals surface area contributed by atoms with Gasteiger partial charge in [0.05, 0.1) is 24.5 Å². The van der Waals surface area contributed by atoms with Crippen LogP contribution in [-0.2, 0) is 4.74 Å². The van der Waals surface area contributed by atoms with E-state index in [1.54, 1.807) is 0 Å². The van der Waals surface area contributed by atoms with Gasteiger partial charge in [0, 0.05) is 19.0 Å². The number of H-pyrrole nitrogens is 1. The number of amides is 1. The standard InChI is InChI=1S/C15H21ClN4O4/c16-13-12(7-17-19-14(13)22)20-6-5-11(8-20)24-15(23)18-9-1-3-10(21)4-2-9/h7,9-11,21H,1-6,8H2,(H,18,23)(H,19,22)/t9-,10+,11-/m1/s1. The summed E-state index contributed by atoms with van der Waals surface area (Å²) in [5, 5.41) is 18.5. The third-order valence-electron chi connectivity index (χ3n) is 4.56. The Balaban J connectivity index is 1.50. The van der Waals surface area contributed by atoms with Crippen LogP contribution < -0.4 is 15.8 Å². The number of carbonyl (C=O) groups excluding carboxylic acids is 1. The largest absolute Gasteiger partial charge is 0.444 e. The molecule has 1 aromatic heterocycles. The number of rotatable bonds is 3. The maximum Gasteiger partial charge on any atom is 0.407 e. The minimum Gasteiger partial charge on any atom is -0.444 e. The zero-order chi connectivity index (χ0) is 17.1. The maximum atomic E-state index is 12.0. The molecule has 1 atom stereocenters. The predicted molar refractivity (Wildman–Crippen MR) is 88.4 cm³/mol. The highest BCUT2D eigenvalue weighted by atomic mass is 35.5. The van der Waals surface area contributed by atoms with E-state index in [-0.39, 0.29) is 23.3 Å². The van der Waals surface area contributed by atoms with E-state index in [4.69, 9.17) is 16.3 Å². The Hall–Kier alpha value is -1.80. The van der Waals surface area contributed by atoms with Crippen LogP contribution in [0.15, 0.2) is 11.0 Å². The molecule has 0 unspecified atom stereocenters. The summed E-state index contributed by atoms with van der Waals surface area (Å²) in [6.45, 7) is 1.11. The zero-order valence-corrected chi connectivity index (χ0v) is 14.0. The van der Waals surface area contributed by atoms with Gasteiger partial charge in [0.25, 0.3) is 5.56 Å². The van der Waals surface area contributed by atoms with Gasteiger partial charge in [-0.2, -0.15) is 5.10 Å². The van der Waals surface area contributed by atoms with Crippen molar-refractivity contribution in [2.45, 2.75) is 50.4 Å². The lowest BCUT2D eigenvalue weighted by Gasteiger charge is -2.26. The molecule has 8 nitrogen and oxygen atoms in total. The summed E-state index contributed by atoms with van der Waals surface area (Å²) >= 11 is 6.00. The number of anilines is 1. The second-order valence-electron chi connectivity index (χ2n) is 6.31. The first-order valence-corrected chi connectivity index (χ1v) is 8.54. The summed E-state index contributed by atoms with van der Waals surface area (Å²) in [4.78, 5) is 25.4. The van der Waals surface area contributed by atoms with Gasteiger partial charge in [-0.25, -0.2) is 9.89 Å².